The van der Waals surface area contributed by atoms with E-state index in [1.807, 2.05) is 24.3 Å². The van der Waals surface area contributed by atoms with Gasteiger partial charge in [-0.2, -0.15) is 5.10 Å². The summed E-state index contributed by atoms with van der Waals surface area (Å²) in [6, 6.07) is 13.9. The Hall–Kier alpha value is -3.40. The molecule has 1 saturated heterocycles. The maximum Gasteiger partial charge on any atom is 0.251 e. The predicted octanol–water partition coefficient (Wildman–Crippen LogP) is 1.95. The van der Waals surface area contributed by atoms with Crippen LogP contribution in [0.4, 0.5) is 5.69 Å². The summed E-state index contributed by atoms with van der Waals surface area (Å²) in [5.41, 5.74) is 1.70. The SMILES string of the molecule is COc1ccc(-c2n[nH]c(CNC(=O)c3cccc(N4CCCS4(=O)=O)c3)n2)cc1. The van der Waals surface area contributed by atoms with Crippen molar-refractivity contribution in [1.29, 1.82) is 0 Å². The maximum absolute atomic E-state index is 12.5. The summed E-state index contributed by atoms with van der Waals surface area (Å²) in [6.45, 7) is 0.591. The summed E-state index contributed by atoms with van der Waals surface area (Å²) in [5.74, 6) is 1.57. The second-order valence-corrected chi connectivity index (χ2v) is 8.82. The smallest absolute Gasteiger partial charge is 0.251 e. The number of aromatic amines is 1. The quantitative estimate of drug-likeness (QED) is 0.621. The molecule has 1 aliphatic rings. The summed E-state index contributed by atoms with van der Waals surface area (Å²) in [6.07, 6.45) is 0.584. The molecule has 2 heterocycles. The van der Waals surface area contributed by atoms with Crippen molar-refractivity contribution >= 4 is 21.6 Å². The molecule has 2 aromatic carbocycles. The molecule has 1 amide bonds. The van der Waals surface area contributed by atoms with E-state index in [1.165, 1.54) is 4.31 Å². The zero-order valence-electron chi connectivity index (χ0n) is 16.3. The fraction of sp³-hybridized carbons (Fsp3) is 0.250. The van der Waals surface area contributed by atoms with Gasteiger partial charge in [0.1, 0.15) is 11.6 Å². The summed E-state index contributed by atoms with van der Waals surface area (Å²) in [5, 5.41) is 9.76. The first kappa shape index (κ1) is 19.9. The third kappa shape index (κ3) is 4.13. The van der Waals surface area contributed by atoms with Gasteiger partial charge in [0, 0.05) is 17.7 Å². The highest BCUT2D eigenvalue weighted by Gasteiger charge is 2.28. The van der Waals surface area contributed by atoms with Crippen molar-refractivity contribution in [2.75, 3.05) is 23.7 Å². The van der Waals surface area contributed by atoms with Gasteiger partial charge in [0.2, 0.25) is 10.0 Å². The highest BCUT2D eigenvalue weighted by molar-refractivity contribution is 7.93. The number of methoxy groups -OCH3 is 1. The van der Waals surface area contributed by atoms with Gasteiger partial charge in [0.05, 0.1) is 25.1 Å². The average Bonchev–Trinajstić information content (AvgIpc) is 3.38. The average molecular weight is 427 g/mol. The van der Waals surface area contributed by atoms with Crippen LogP contribution in [0, 0.1) is 0 Å². The van der Waals surface area contributed by atoms with Crippen molar-refractivity contribution < 1.29 is 17.9 Å². The van der Waals surface area contributed by atoms with Gasteiger partial charge in [-0.05, 0) is 48.9 Å². The van der Waals surface area contributed by atoms with E-state index >= 15 is 0 Å². The molecule has 4 rings (SSSR count). The molecular formula is C20H21N5O4S. The highest BCUT2D eigenvalue weighted by atomic mass is 32.2. The number of anilines is 1. The Bertz CT molecular complexity index is 1160. The van der Waals surface area contributed by atoms with Crippen molar-refractivity contribution in [3.8, 4) is 17.1 Å². The van der Waals surface area contributed by atoms with Crippen molar-refractivity contribution in [2.24, 2.45) is 0 Å². The molecule has 0 radical (unpaired) electrons. The number of nitrogens with zero attached hydrogens (tertiary/aromatic N) is 3. The Morgan fingerprint density at radius 3 is 2.73 bits per heavy atom. The number of nitrogens with one attached hydrogen (secondary N) is 2. The number of hydrogen-bond donors (Lipinski definition) is 2. The van der Waals surface area contributed by atoms with E-state index in [0.717, 1.165) is 11.3 Å². The van der Waals surface area contributed by atoms with Gasteiger partial charge in [0.15, 0.2) is 5.82 Å². The molecule has 0 atom stereocenters. The molecule has 9 nitrogen and oxygen atoms in total. The molecule has 0 unspecified atom stereocenters. The Labute approximate surface area is 174 Å². The van der Waals surface area contributed by atoms with Crippen LogP contribution in [0.5, 0.6) is 5.75 Å². The van der Waals surface area contributed by atoms with Gasteiger partial charge in [-0.3, -0.25) is 14.2 Å². The van der Waals surface area contributed by atoms with Crippen LogP contribution >= 0.6 is 0 Å². The molecule has 1 aliphatic heterocycles. The van der Waals surface area contributed by atoms with Crippen LogP contribution in [0.3, 0.4) is 0 Å². The van der Waals surface area contributed by atoms with Gasteiger partial charge in [-0.15, -0.1) is 0 Å². The second-order valence-electron chi connectivity index (χ2n) is 6.81. The molecule has 156 valence electrons. The van der Waals surface area contributed by atoms with E-state index in [9.17, 15) is 13.2 Å². The molecule has 0 aliphatic carbocycles. The minimum Gasteiger partial charge on any atom is -0.497 e. The predicted molar refractivity (Wildman–Crippen MR) is 112 cm³/mol. The lowest BCUT2D eigenvalue weighted by atomic mass is 10.2. The van der Waals surface area contributed by atoms with Crippen LogP contribution in [0.2, 0.25) is 0 Å². The highest BCUT2D eigenvalue weighted by Crippen LogP contribution is 2.25. The maximum atomic E-state index is 12.5. The number of amides is 1. The summed E-state index contributed by atoms with van der Waals surface area (Å²) >= 11 is 0. The lowest BCUT2D eigenvalue weighted by molar-refractivity contribution is 0.0950. The first-order chi connectivity index (χ1) is 14.5. The number of rotatable bonds is 6. The Kier molecular flexibility index (Phi) is 5.40. The number of carbonyl (C=O) groups is 1. The van der Waals surface area contributed by atoms with Crippen LogP contribution in [-0.4, -0.2) is 48.9 Å². The molecule has 1 fully saturated rings. The lowest BCUT2D eigenvalue weighted by Gasteiger charge is -2.17. The van der Waals surface area contributed by atoms with E-state index in [1.54, 1.807) is 31.4 Å². The van der Waals surface area contributed by atoms with E-state index in [4.69, 9.17) is 4.74 Å². The Morgan fingerprint density at radius 1 is 1.23 bits per heavy atom. The van der Waals surface area contributed by atoms with Gasteiger partial charge < -0.3 is 10.1 Å². The fourth-order valence-corrected chi connectivity index (χ4v) is 4.80. The monoisotopic (exact) mass is 427 g/mol. The molecule has 3 aromatic rings. The summed E-state index contributed by atoms with van der Waals surface area (Å²) < 4.78 is 30.7. The Balaban J connectivity index is 1.42. The number of aromatic nitrogens is 3. The van der Waals surface area contributed by atoms with Crippen molar-refractivity contribution in [3.63, 3.8) is 0 Å². The zero-order chi connectivity index (χ0) is 21.1. The fourth-order valence-electron chi connectivity index (χ4n) is 3.24. The molecule has 0 saturated carbocycles. The van der Waals surface area contributed by atoms with Gasteiger partial charge in [-0.1, -0.05) is 6.07 Å². The number of benzene rings is 2. The van der Waals surface area contributed by atoms with Crippen LogP contribution < -0.4 is 14.4 Å². The lowest BCUT2D eigenvalue weighted by Crippen LogP contribution is -2.26. The number of carbonyl (C=O) groups excluding carboxylic acids is 1. The molecule has 30 heavy (non-hydrogen) atoms. The molecule has 10 heteroatoms. The van der Waals surface area contributed by atoms with Gasteiger partial charge in [-0.25, -0.2) is 13.4 Å². The van der Waals surface area contributed by atoms with E-state index in [2.05, 4.69) is 20.5 Å². The van der Waals surface area contributed by atoms with E-state index in [-0.39, 0.29) is 18.2 Å². The summed E-state index contributed by atoms with van der Waals surface area (Å²) in [4.78, 5) is 16.9. The van der Waals surface area contributed by atoms with Crippen LogP contribution in [0.25, 0.3) is 11.4 Å². The molecule has 1 aromatic heterocycles. The van der Waals surface area contributed by atoms with Gasteiger partial charge in [0.25, 0.3) is 5.91 Å². The minimum atomic E-state index is -3.30. The van der Waals surface area contributed by atoms with Crippen LogP contribution in [0.15, 0.2) is 48.5 Å². The summed E-state index contributed by atoms with van der Waals surface area (Å²) in [7, 11) is -1.70. The number of hydrogen-bond acceptors (Lipinski definition) is 6. The van der Waals surface area contributed by atoms with E-state index in [0.29, 0.717) is 35.9 Å². The van der Waals surface area contributed by atoms with E-state index < -0.39 is 10.0 Å². The topological polar surface area (TPSA) is 117 Å². The third-order valence-corrected chi connectivity index (χ3v) is 6.66. The first-order valence-electron chi connectivity index (χ1n) is 9.41. The van der Waals surface area contributed by atoms with Crippen molar-refractivity contribution in [3.05, 3.63) is 59.9 Å². The Morgan fingerprint density at radius 2 is 2.03 bits per heavy atom. The first-order valence-corrected chi connectivity index (χ1v) is 11.0. The van der Waals surface area contributed by atoms with Crippen molar-refractivity contribution in [2.45, 2.75) is 13.0 Å². The molecule has 0 spiro atoms. The largest absolute Gasteiger partial charge is 0.497 e. The molecule has 2 N–H and O–H groups in total. The second kappa shape index (κ2) is 8.15. The number of sulfonamides is 1. The standard InChI is InChI=1S/C20H21N5O4S/c1-29-17-8-6-14(7-9-17)19-22-18(23-24-19)13-21-20(26)15-4-2-5-16(12-15)25-10-3-11-30(25,27)28/h2,4-9,12H,3,10-11,13H2,1H3,(H,21,26)(H,22,23,24). The van der Waals surface area contributed by atoms with Gasteiger partial charge >= 0.3 is 0 Å². The number of ether oxygens (including phenoxy) is 1. The third-order valence-electron chi connectivity index (χ3n) is 4.79. The van der Waals surface area contributed by atoms with Crippen molar-refractivity contribution in [1.82, 2.24) is 20.5 Å². The minimum absolute atomic E-state index is 0.130. The zero-order valence-corrected chi connectivity index (χ0v) is 17.1. The molecule has 0 bridgehead atoms. The number of H-pyrrole nitrogens is 1. The van der Waals surface area contributed by atoms with Crippen LogP contribution in [-0.2, 0) is 16.6 Å². The normalized spacial score (nSPS) is 15.2. The van der Waals surface area contributed by atoms with Crippen LogP contribution in [0.1, 0.15) is 22.6 Å². The molecular weight excluding hydrogens is 406 g/mol.